The van der Waals surface area contributed by atoms with E-state index in [-0.39, 0.29) is 11.9 Å². The topological polar surface area (TPSA) is 71.1 Å². The van der Waals surface area contributed by atoms with Gasteiger partial charge in [0.05, 0.1) is 5.56 Å². The quantitative estimate of drug-likeness (QED) is 0.808. The van der Waals surface area contributed by atoms with Gasteiger partial charge < -0.3 is 10.6 Å². The molecule has 2 atom stereocenters. The monoisotopic (exact) mass is 269 g/mol. The molecule has 0 radical (unpaired) electrons. The van der Waals surface area contributed by atoms with Gasteiger partial charge in [-0.3, -0.25) is 14.0 Å². The summed E-state index contributed by atoms with van der Waals surface area (Å²) in [5.41, 5.74) is 1.26. The van der Waals surface area contributed by atoms with Crippen LogP contribution in [0.25, 0.3) is 0 Å². The van der Waals surface area contributed by atoms with Crippen molar-refractivity contribution in [1.29, 1.82) is 0 Å². The maximum absolute atomic E-state index is 12.0. The first-order valence-corrected chi connectivity index (χ1v) is 7.50. The normalized spacial score (nSPS) is 13.7. The lowest BCUT2D eigenvalue weighted by molar-refractivity contribution is 0.0940. The average Bonchev–Trinajstić information content (AvgIpc) is 2.36. The number of anilines is 1. The van der Waals surface area contributed by atoms with Crippen LogP contribution < -0.4 is 10.6 Å². The van der Waals surface area contributed by atoms with Crippen LogP contribution in [0.1, 0.15) is 23.7 Å². The summed E-state index contributed by atoms with van der Waals surface area (Å²) in [6, 6.07) is 1.74. The van der Waals surface area contributed by atoms with Gasteiger partial charge in [-0.15, -0.1) is 0 Å². The predicted octanol–water partition coefficient (Wildman–Crippen LogP) is 1.01. The van der Waals surface area contributed by atoms with Crippen LogP contribution in [0.5, 0.6) is 0 Å². The van der Waals surface area contributed by atoms with Crippen LogP contribution in [0.2, 0.25) is 0 Å². The fourth-order valence-corrected chi connectivity index (χ4v) is 2.20. The molecule has 0 saturated carbocycles. The van der Waals surface area contributed by atoms with E-state index in [2.05, 4.69) is 15.6 Å². The summed E-state index contributed by atoms with van der Waals surface area (Å²) in [4.78, 5) is 16.0. The molecule has 1 amide bonds. The number of nitrogens with one attached hydrogen (secondary N) is 2. The molecule has 1 aromatic rings. The molecule has 6 heteroatoms. The van der Waals surface area contributed by atoms with Gasteiger partial charge in [0, 0.05) is 54.0 Å². The van der Waals surface area contributed by atoms with Gasteiger partial charge in [0.15, 0.2) is 0 Å². The first kappa shape index (κ1) is 14.6. The molecule has 0 spiro atoms. The molecular weight excluding hydrogens is 250 g/mol. The Balaban J connectivity index is 2.62. The molecule has 1 rings (SSSR count). The number of amides is 1. The third kappa shape index (κ3) is 4.44. The van der Waals surface area contributed by atoms with Crippen molar-refractivity contribution in [2.75, 3.05) is 24.4 Å². The summed E-state index contributed by atoms with van der Waals surface area (Å²) in [7, 11) is 0.932. The number of pyridine rings is 1. The minimum atomic E-state index is -0.827. The molecule has 5 nitrogen and oxygen atoms in total. The summed E-state index contributed by atoms with van der Waals surface area (Å²) < 4.78 is 11.0. The van der Waals surface area contributed by atoms with Gasteiger partial charge >= 0.3 is 0 Å². The van der Waals surface area contributed by atoms with Gasteiger partial charge in [-0.05, 0) is 19.4 Å². The molecule has 0 aliphatic carbocycles. The molecule has 0 bridgehead atoms. The largest absolute Gasteiger partial charge is 0.387 e. The Morgan fingerprint density at radius 1 is 1.56 bits per heavy atom. The maximum atomic E-state index is 12.0. The van der Waals surface area contributed by atoms with Crippen LogP contribution in [0, 0.1) is 0 Å². The van der Waals surface area contributed by atoms with E-state index >= 15 is 0 Å². The van der Waals surface area contributed by atoms with E-state index in [1.807, 2.05) is 6.92 Å². The second-order valence-corrected chi connectivity index (χ2v) is 5.67. The van der Waals surface area contributed by atoms with Crippen LogP contribution in [-0.4, -0.2) is 40.2 Å². The van der Waals surface area contributed by atoms with Crippen molar-refractivity contribution in [3.63, 3.8) is 0 Å². The fraction of sp³-hybridized carbons (Fsp3) is 0.500. The maximum Gasteiger partial charge on any atom is 0.255 e. The smallest absolute Gasteiger partial charge is 0.255 e. The summed E-state index contributed by atoms with van der Waals surface area (Å²) in [5.74, 6) is 0.426. The van der Waals surface area contributed by atoms with Gasteiger partial charge in [0.1, 0.15) is 0 Å². The first-order valence-electron chi connectivity index (χ1n) is 5.77. The Morgan fingerprint density at radius 3 is 2.89 bits per heavy atom. The third-order valence-corrected chi connectivity index (χ3v) is 3.36. The van der Waals surface area contributed by atoms with E-state index in [1.165, 1.54) is 6.20 Å². The molecule has 0 aliphatic heterocycles. The molecule has 0 aromatic carbocycles. The predicted molar refractivity (Wildman–Crippen MR) is 74.3 cm³/mol. The SMILES string of the molecule is CNc1ccncc1C(=O)NC(C)CCS(C)=O. The number of rotatable bonds is 6. The zero-order chi connectivity index (χ0) is 13.5. The lowest BCUT2D eigenvalue weighted by atomic mass is 10.2. The van der Waals surface area contributed by atoms with Crippen molar-refractivity contribution in [3.8, 4) is 0 Å². The highest BCUT2D eigenvalue weighted by Crippen LogP contribution is 2.12. The molecule has 0 aliphatic rings. The van der Waals surface area contributed by atoms with Crippen molar-refractivity contribution >= 4 is 22.4 Å². The molecule has 2 unspecified atom stereocenters. The van der Waals surface area contributed by atoms with Crippen molar-refractivity contribution in [2.24, 2.45) is 0 Å². The Morgan fingerprint density at radius 2 is 2.28 bits per heavy atom. The number of aromatic nitrogens is 1. The number of hydrogen-bond donors (Lipinski definition) is 2. The van der Waals surface area contributed by atoms with Crippen LogP contribution in [-0.2, 0) is 10.8 Å². The summed E-state index contributed by atoms with van der Waals surface area (Å²) >= 11 is 0. The van der Waals surface area contributed by atoms with E-state index in [0.717, 1.165) is 5.69 Å². The van der Waals surface area contributed by atoms with Gasteiger partial charge in [-0.1, -0.05) is 0 Å². The van der Waals surface area contributed by atoms with Crippen LogP contribution >= 0.6 is 0 Å². The minimum absolute atomic E-state index is 0.00804. The zero-order valence-electron chi connectivity index (χ0n) is 10.9. The van der Waals surface area contributed by atoms with Crippen molar-refractivity contribution < 1.29 is 9.00 Å². The standard InChI is InChI=1S/C12H19N3O2S/c1-9(5-7-18(3)17)15-12(16)10-8-14-6-4-11(10)13-2/h4,6,8-9H,5,7H2,1-3H3,(H,13,14)(H,15,16). The highest BCUT2D eigenvalue weighted by molar-refractivity contribution is 7.84. The van der Waals surface area contributed by atoms with Crippen molar-refractivity contribution in [2.45, 2.75) is 19.4 Å². The molecule has 1 aromatic heterocycles. The lowest BCUT2D eigenvalue weighted by Gasteiger charge is -2.14. The van der Waals surface area contributed by atoms with Gasteiger partial charge in [0.25, 0.3) is 5.91 Å². The molecule has 2 N–H and O–H groups in total. The minimum Gasteiger partial charge on any atom is -0.387 e. The van der Waals surface area contributed by atoms with Crippen molar-refractivity contribution in [3.05, 3.63) is 24.0 Å². The fourth-order valence-electron chi connectivity index (χ4n) is 1.51. The first-order chi connectivity index (χ1) is 8.54. The Hall–Kier alpha value is -1.43. The summed E-state index contributed by atoms with van der Waals surface area (Å²) in [5, 5.41) is 5.82. The van der Waals surface area contributed by atoms with E-state index in [1.54, 1.807) is 25.6 Å². The van der Waals surface area contributed by atoms with Crippen LogP contribution in [0.4, 0.5) is 5.69 Å². The molecule has 0 saturated heterocycles. The highest BCUT2D eigenvalue weighted by atomic mass is 32.2. The van der Waals surface area contributed by atoms with Crippen molar-refractivity contribution in [1.82, 2.24) is 10.3 Å². The van der Waals surface area contributed by atoms with E-state index in [4.69, 9.17) is 0 Å². The summed E-state index contributed by atoms with van der Waals surface area (Å²) in [6.45, 7) is 1.90. The van der Waals surface area contributed by atoms with Crippen LogP contribution in [0.15, 0.2) is 18.5 Å². The van der Waals surface area contributed by atoms with Gasteiger partial charge in [-0.25, -0.2) is 0 Å². The molecular formula is C12H19N3O2S. The second-order valence-electron chi connectivity index (χ2n) is 4.11. The van der Waals surface area contributed by atoms with E-state index in [9.17, 15) is 9.00 Å². The number of carbonyl (C=O) groups is 1. The van der Waals surface area contributed by atoms with Gasteiger partial charge in [0.2, 0.25) is 0 Å². The highest BCUT2D eigenvalue weighted by Gasteiger charge is 2.13. The molecule has 18 heavy (non-hydrogen) atoms. The van der Waals surface area contributed by atoms with E-state index < -0.39 is 10.8 Å². The number of hydrogen-bond acceptors (Lipinski definition) is 4. The summed E-state index contributed by atoms with van der Waals surface area (Å²) in [6.07, 6.45) is 5.52. The molecule has 0 fully saturated rings. The molecule has 1 heterocycles. The third-order valence-electron chi connectivity index (χ3n) is 2.55. The van der Waals surface area contributed by atoms with Crippen LogP contribution in [0.3, 0.4) is 0 Å². The molecule has 100 valence electrons. The Labute approximate surface area is 110 Å². The second kappa shape index (κ2) is 7.10. The number of nitrogens with zero attached hydrogens (tertiary/aromatic N) is 1. The van der Waals surface area contributed by atoms with Gasteiger partial charge in [-0.2, -0.15) is 0 Å². The lowest BCUT2D eigenvalue weighted by Crippen LogP contribution is -2.34. The zero-order valence-corrected chi connectivity index (χ0v) is 11.7. The average molecular weight is 269 g/mol. The van der Waals surface area contributed by atoms with E-state index in [0.29, 0.717) is 17.7 Å². The number of carbonyl (C=O) groups excluding carboxylic acids is 1. The Bertz CT molecular complexity index is 437. The Kier molecular flexibility index (Phi) is 5.77.